The maximum Gasteiger partial charge on any atom is 0.508 e. The van der Waals surface area contributed by atoms with E-state index in [9.17, 15) is 4.79 Å². The van der Waals surface area contributed by atoms with Crippen LogP contribution < -0.4 is 0 Å². The molecule has 0 fully saturated rings. The van der Waals surface area contributed by atoms with E-state index in [0.29, 0.717) is 6.61 Å². The number of hydrogen-bond acceptors (Lipinski definition) is 4. The monoisotopic (exact) mass is 278 g/mol. The molecule has 0 aromatic rings. The molecule has 0 rings (SSSR count). The van der Waals surface area contributed by atoms with E-state index in [1.54, 1.807) is 0 Å². The number of unbranched alkanes of at least 4 members (excludes halogenated alkanes) is 1. The van der Waals surface area contributed by atoms with Crippen molar-refractivity contribution in [2.75, 3.05) is 19.8 Å². The SMILES string of the molecule is CCC(C)C.CCCC.CCCOC(=O)OCCO. The Labute approximate surface area is 119 Å². The van der Waals surface area contributed by atoms with E-state index in [1.165, 1.54) is 19.3 Å². The molecule has 0 saturated heterocycles. The molecule has 0 aliphatic rings. The number of ether oxygens (including phenoxy) is 2. The molecule has 0 heterocycles. The second-order valence-corrected chi connectivity index (χ2v) is 4.47. The van der Waals surface area contributed by atoms with Gasteiger partial charge in [-0.05, 0) is 12.3 Å². The van der Waals surface area contributed by atoms with E-state index in [4.69, 9.17) is 5.11 Å². The molecule has 118 valence electrons. The van der Waals surface area contributed by atoms with Gasteiger partial charge in [0.1, 0.15) is 6.61 Å². The van der Waals surface area contributed by atoms with Gasteiger partial charge in [0, 0.05) is 0 Å². The number of hydrogen-bond donors (Lipinski definition) is 1. The summed E-state index contributed by atoms with van der Waals surface area (Å²) in [6.45, 7) is 13.1. The molecular formula is C15H34O4. The van der Waals surface area contributed by atoms with Crippen LogP contribution in [0.2, 0.25) is 0 Å². The zero-order chi connectivity index (χ0) is 15.5. The van der Waals surface area contributed by atoms with E-state index in [2.05, 4.69) is 44.1 Å². The van der Waals surface area contributed by atoms with Crippen LogP contribution in [0, 0.1) is 5.92 Å². The molecule has 0 unspecified atom stereocenters. The fourth-order valence-electron chi connectivity index (χ4n) is 0.356. The first-order valence-electron chi connectivity index (χ1n) is 7.40. The highest BCUT2D eigenvalue weighted by Gasteiger charge is 1.99. The molecule has 0 bridgehead atoms. The third-order valence-corrected chi connectivity index (χ3v) is 2.05. The summed E-state index contributed by atoms with van der Waals surface area (Å²) in [5, 5.41) is 8.21. The Hall–Kier alpha value is -0.770. The van der Waals surface area contributed by atoms with Crippen LogP contribution in [0.3, 0.4) is 0 Å². The minimum atomic E-state index is -0.712. The van der Waals surface area contributed by atoms with Crippen LogP contribution >= 0.6 is 0 Å². The Morgan fingerprint density at radius 2 is 1.37 bits per heavy atom. The molecule has 4 heteroatoms. The summed E-state index contributed by atoms with van der Waals surface area (Å²) in [6.07, 6.45) is 4.00. The molecule has 1 N–H and O–H groups in total. The molecule has 0 aliphatic carbocycles. The smallest absolute Gasteiger partial charge is 0.434 e. The van der Waals surface area contributed by atoms with Crippen LogP contribution in [0.15, 0.2) is 0 Å². The molecule has 0 spiro atoms. The van der Waals surface area contributed by atoms with Gasteiger partial charge in [-0.25, -0.2) is 4.79 Å². The lowest BCUT2D eigenvalue weighted by molar-refractivity contribution is 0.0436. The maximum absolute atomic E-state index is 10.4. The number of rotatable bonds is 6. The largest absolute Gasteiger partial charge is 0.508 e. The lowest BCUT2D eigenvalue weighted by atomic mass is 10.2. The van der Waals surface area contributed by atoms with Gasteiger partial charge < -0.3 is 14.6 Å². The van der Waals surface area contributed by atoms with Crippen LogP contribution in [0.5, 0.6) is 0 Å². The number of carbonyl (C=O) groups is 1. The lowest BCUT2D eigenvalue weighted by Crippen LogP contribution is -2.10. The Kier molecular flexibility index (Phi) is 27.5. The van der Waals surface area contributed by atoms with Gasteiger partial charge in [-0.2, -0.15) is 0 Å². The molecule has 0 aromatic heterocycles. The maximum atomic E-state index is 10.4. The summed E-state index contributed by atoms with van der Waals surface area (Å²) in [7, 11) is 0. The van der Waals surface area contributed by atoms with Crippen molar-refractivity contribution in [2.45, 2.75) is 67.2 Å². The molecule has 0 aliphatic heterocycles. The van der Waals surface area contributed by atoms with Crippen molar-refractivity contribution >= 4 is 6.16 Å². The van der Waals surface area contributed by atoms with Crippen molar-refractivity contribution in [3.63, 3.8) is 0 Å². The summed E-state index contributed by atoms with van der Waals surface area (Å²) in [6, 6.07) is 0. The normalized spacial score (nSPS) is 8.84. The Morgan fingerprint density at radius 3 is 1.63 bits per heavy atom. The third-order valence-electron chi connectivity index (χ3n) is 2.05. The second kappa shape index (κ2) is 22.4. The van der Waals surface area contributed by atoms with Crippen molar-refractivity contribution in [3.8, 4) is 0 Å². The van der Waals surface area contributed by atoms with Crippen molar-refractivity contribution in [3.05, 3.63) is 0 Å². The van der Waals surface area contributed by atoms with E-state index in [1.807, 2.05) is 6.92 Å². The van der Waals surface area contributed by atoms with Gasteiger partial charge in [-0.1, -0.05) is 60.8 Å². The molecule has 19 heavy (non-hydrogen) atoms. The minimum absolute atomic E-state index is 0.00253. The van der Waals surface area contributed by atoms with E-state index in [0.717, 1.165) is 12.3 Å². The highest BCUT2D eigenvalue weighted by Crippen LogP contribution is 1.93. The van der Waals surface area contributed by atoms with E-state index >= 15 is 0 Å². The van der Waals surface area contributed by atoms with Crippen LogP contribution in [0.1, 0.15) is 67.2 Å². The van der Waals surface area contributed by atoms with Gasteiger partial charge >= 0.3 is 6.16 Å². The van der Waals surface area contributed by atoms with Crippen molar-refractivity contribution in [2.24, 2.45) is 5.92 Å². The fraction of sp³-hybridized carbons (Fsp3) is 0.933. The van der Waals surface area contributed by atoms with Crippen molar-refractivity contribution in [1.82, 2.24) is 0 Å². The highest BCUT2D eigenvalue weighted by atomic mass is 16.7. The third kappa shape index (κ3) is 38.2. The lowest BCUT2D eigenvalue weighted by Gasteiger charge is -2.01. The van der Waals surface area contributed by atoms with Crippen molar-refractivity contribution < 1.29 is 19.4 Å². The molecule has 0 amide bonds. The molecule has 0 aromatic carbocycles. The number of aliphatic hydroxyl groups is 1. The highest BCUT2D eigenvalue weighted by molar-refractivity contribution is 5.59. The summed E-state index contributed by atoms with van der Waals surface area (Å²) in [5.41, 5.74) is 0. The van der Waals surface area contributed by atoms with Gasteiger partial charge in [-0.3, -0.25) is 0 Å². The zero-order valence-electron chi connectivity index (χ0n) is 13.7. The first kappa shape index (κ1) is 23.3. The van der Waals surface area contributed by atoms with Crippen LogP contribution in [-0.4, -0.2) is 31.1 Å². The van der Waals surface area contributed by atoms with Gasteiger partial charge in [0.15, 0.2) is 0 Å². The average molecular weight is 278 g/mol. The summed E-state index contributed by atoms with van der Waals surface area (Å²) in [4.78, 5) is 10.4. The van der Waals surface area contributed by atoms with Crippen LogP contribution in [0.4, 0.5) is 4.79 Å². The first-order chi connectivity index (χ1) is 8.99. The second-order valence-electron chi connectivity index (χ2n) is 4.47. The predicted molar refractivity (Wildman–Crippen MR) is 80.4 cm³/mol. The quantitative estimate of drug-likeness (QED) is 0.732. The molecule has 4 nitrogen and oxygen atoms in total. The Bertz CT molecular complexity index is 146. The molecular weight excluding hydrogens is 244 g/mol. The summed E-state index contributed by atoms with van der Waals surface area (Å²) in [5.74, 6) is 0.884. The van der Waals surface area contributed by atoms with E-state index in [-0.39, 0.29) is 13.2 Å². The summed E-state index contributed by atoms with van der Waals surface area (Å²) < 4.78 is 8.90. The number of aliphatic hydroxyl groups excluding tert-OH is 1. The molecule has 0 radical (unpaired) electrons. The Balaban J connectivity index is -0.000000238. The topological polar surface area (TPSA) is 55.8 Å². The number of carbonyl (C=O) groups excluding carboxylic acids is 1. The zero-order valence-corrected chi connectivity index (χ0v) is 13.7. The fourth-order valence-corrected chi connectivity index (χ4v) is 0.356. The average Bonchev–Trinajstić information content (AvgIpc) is 2.43. The minimum Gasteiger partial charge on any atom is -0.434 e. The van der Waals surface area contributed by atoms with Gasteiger partial charge in [0.2, 0.25) is 0 Å². The van der Waals surface area contributed by atoms with Crippen LogP contribution in [0.25, 0.3) is 0 Å². The standard InChI is InChI=1S/C6H12O4.C5H12.C4H10/c1-2-4-9-6(8)10-5-3-7;1-4-5(2)3;1-3-4-2/h7H,2-5H2,1H3;5H,4H2,1-3H3;3-4H2,1-2H3. The van der Waals surface area contributed by atoms with Gasteiger partial charge in [0.25, 0.3) is 0 Å². The van der Waals surface area contributed by atoms with E-state index < -0.39 is 6.16 Å². The molecule has 0 saturated carbocycles. The summed E-state index contributed by atoms with van der Waals surface area (Å²) >= 11 is 0. The molecule has 0 atom stereocenters. The van der Waals surface area contributed by atoms with Crippen molar-refractivity contribution in [1.29, 1.82) is 0 Å². The first-order valence-corrected chi connectivity index (χ1v) is 7.40. The Morgan fingerprint density at radius 1 is 0.947 bits per heavy atom. The van der Waals surface area contributed by atoms with Crippen LogP contribution in [-0.2, 0) is 9.47 Å². The predicted octanol–water partition coefficient (Wildman–Crippen LogP) is 4.40. The van der Waals surface area contributed by atoms with Gasteiger partial charge in [-0.15, -0.1) is 0 Å². The van der Waals surface area contributed by atoms with Gasteiger partial charge in [0.05, 0.1) is 13.2 Å².